The van der Waals surface area contributed by atoms with Gasteiger partial charge in [0.1, 0.15) is 0 Å². The van der Waals surface area contributed by atoms with Crippen LogP contribution in [-0.4, -0.2) is 9.78 Å². The van der Waals surface area contributed by atoms with E-state index in [0.29, 0.717) is 5.56 Å². The van der Waals surface area contributed by atoms with Gasteiger partial charge in [-0.25, -0.2) is 4.68 Å². The minimum atomic E-state index is -4.44. The first-order chi connectivity index (χ1) is 9.32. The SMILES string of the molecule is CC(C)c1ccn(-c2ccc(CN)cc2C(F)(F)F)n1. The highest BCUT2D eigenvalue weighted by atomic mass is 19.4. The maximum absolute atomic E-state index is 13.1. The lowest BCUT2D eigenvalue weighted by molar-refractivity contribution is -0.137. The molecule has 0 amide bonds. The van der Waals surface area contributed by atoms with E-state index >= 15 is 0 Å². The van der Waals surface area contributed by atoms with Crippen LogP contribution in [0.4, 0.5) is 13.2 Å². The van der Waals surface area contributed by atoms with E-state index in [1.165, 1.54) is 10.7 Å². The second-order valence-electron chi connectivity index (χ2n) is 4.89. The summed E-state index contributed by atoms with van der Waals surface area (Å²) in [7, 11) is 0. The number of alkyl halides is 3. The topological polar surface area (TPSA) is 43.8 Å². The normalized spacial score (nSPS) is 12.2. The molecule has 3 nitrogen and oxygen atoms in total. The fourth-order valence-corrected chi connectivity index (χ4v) is 1.92. The van der Waals surface area contributed by atoms with Gasteiger partial charge in [0, 0.05) is 12.7 Å². The Morgan fingerprint density at radius 1 is 1.25 bits per heavy atom. The van der Waals surface area contributed by atoms with Crippen molar-refractivity contribution in [2.24, 2.45) is 5.73 Å². The molecular formula is C14H16F3N3. The number of hydrogen-bond donors (Lipinski definition) is 1. The van der Waals surface area contributed by atoms with E-state index in [1.807, 2.05) is 13.8 Å². The number of hydrogen-bond acceptors (Lipinski definition) is 2. The number of rotatable bonds is 3. The van der Waals surface area contributed by atoms with Crippen molar-refractivity contribution in [2.75, 3.05) is 0 Å². The number of nitrogens with zero attached hydrogens (tertiary/aromatic N) is 2. The summed E-state index contributed by atoms with van der Waals surface area (Å²) in [6, 6.07) is 5.79. The van der Waals surface area contributed by atoms with Crippen molar-refractivity contribution in [3.8, 4) is 5.69 Å². The van der Waals surface area contributed by atoms with Gasteiger partial charge in [-0.15, -0.1) is 0 Å². The molecule has 1 heterocycles. The number of benzene rings is 1. The Morgan fingerprint density at radius 3 is 2.45 bits per heavy atom. The smallest absolute Gasteiger partial charge is 0.326 e. The molecule has 2 N–H and O–H groups in total. The first-order valence-corrected chi connectivity index (χ1v) is 6.29. The van der Waals surface area contributed by atoms with Gasteiger partial charge in [0.05, 0.1) is 16.9 Å². The highest BCUT2D eigenvalue weighted by Gasteiger charge is 2.34. The Morgan fingerprint density at radius 2 is 1.95 bits per heavy atom. The summed E-state index contributed by atoms with van der Waals surface area (Å²) in [6.45, 7) is 3.95. The first kappa shape index (κ1) is 14.6. The summed E-state index contributed by atoms with van der Waals surface area (Å²) in [4.78, 5) is 0. The van der Waals surface area contributed by atoms with E-state index in [1.54, 1.807) is 18.3 Å². The van der Waals surface area contributed by atoms with Gasteiger partial charge in [-0.05, 0) is 29.7 Å². The summed E-state index contributed by atoms with van der Waals surface area (Å²) in [5.41, 5.74) is 5.89. The van der Waals surface area contributed by atoms with Gasteiger partial charge in [0.25, 0.3) is 0 Å². The predicted molar refractivity (Wildman–Crippen MR) is 70.5 cm³/mol. The summed E-state index contributed by atoms with van der Waals surface area (Å²) in [5, 5.41) is 4.20. The Bertz CT molecular complexity index is 600. The van der Waals surface area contributed by atoms with Crippen LogP contribution in [0.15, 0.2) is 30.5 Å². The summed E-state index contributed by atoms with van der Waals surface area (Å²) in [5.74, 6) is 0.161. The Labute approximate surface area is 115 Å². The van der Waals surface area contributed by atoms with Crippen LogP contribution < -0.4 is 5.73 Å². The molecule has 0 aliphatic heterocycles. The van der Waals surface area contributed by atoms with E-state index in [0.717, 1.165) is 11.8 Å². The number of halogens is 3. The largest absolute Gasteiger partial charge is 0.418 e. The molecule has 0 fully saturated rings. The monoisotopic (exact) mass is 283 g/mol. The highest BCUT2D eigenvalue weighted by molar-refractivity contribution is 5.45. The van der Waals surface area contributed by atoms with Gasteiger partial charge >= 0.3 is 6.18 Å². The summed E-state index contributed by atoms with van der Waals surface area (Å²) in [6.07, 6.45) is -2.90. The van der Waals surface area contributed by atoms with Crippen molar-refractivity contribution in [2.45, 2.75) is 32.5 Å². The second-order valence-corrected chi connectivity index (χ2v) is 4.89. The zero-order valence-corrected chi connectivity index (χ0v) is 11.3. The summed E-state index contributed by atoms with van der Waals surface area (Å²) < 4.78 is 40.7. The van der Waals surface area contributed by atoms with E-state index in [4.69, 9.17) is 5.73 Å². The van der Waals surface area contributed by atoms with Crippen LogP contribution in [0.1, 0.15) is 36.6 Å². The van der Waals surface area contributed by atoms with Crippen LogP contribution in [0, 0.1) is 0 Å². The van der Waals surface area contributed by atoms with Gasteiger partial charge in [-0.3, -0.25) is 0 Å². The van der Waals surface area contributed by atoms with Crippen LogP contribution in [0.2, 0.25) is 0 Å². The average Bonchev–Trinajstić information content (AvgIpc) is 2.86. The van der Waals surface area contributed by atoms with Crippen molar-refractivity contribution in [3.63, 3.8) is 0 Å². The molecule has 0 aliphatic rings. The Kier molecular flexibility index (Phi) is 3.85. The lowest BCUT2D eigenvalue weighted by atomic mass is 10.1. The molecule has 0 aliphatic carbocycles. The quantitative estimate of drug-likeness (QED) is 0.937. The highest BCUT2D eigenvalue weighted by Crippen LogP contribution is 2.34. The zero-order chi connectivity index (χ0) is 14.9. The maximum Gasteiger partial charge on any atom is 0.418 e. The molecule has 6 heteroatoms. The third-order valence-electron chi connectivity index (χ3n) is 3.05. The third-order valence-corrected chi connectivity index (χ3v) is 3.05. The second kappa shape index (κ2) is 5.28. The molecule has 0 bridgehead atoms. The third kappa shape index (κ3) is 2.85. The van der Waals surface area contributed by atoms with Crippen LogP contribution in [0.5, 0.6) is 0 Å². The van der Waals surface area contributed by atoms with E-state index in [9.17, 15) is 13.2 Å². The van der Waals surface area contributed by atoms with Gasteiger partial charge in [-0.1, -0.05) is 19.9 Å². The zero-order valence-electron chi connectivity index (χ0n) is 11.3. The van der Waals surface area contributed by atoms with E-state index in [2.05, 4.69) is 5.10 Å². The molecule has 1 aromatic carbocycles. The van der Waals surface area contributed by atoms with Crippen molar-refractivity contribution >= 4 is 0 Å². The molecule has 0 saturated heterocycles. The molecule has 20 heavy (non-hydrogen) atoms. The molecule has 108 valence electrons. The fourth-order valence-electron chi connectivity index (χ4n) is 1.92. The standard InChI is InChI=1S/C14H16F3N3/c1-9(2)12-5-6-20(19-12)13-4-3-10(8-18)7-11(13)14(15,16)17/h3-7,9H,8,18H2,1-2H3. The molecule has 0 saturated carbocycles. The number of aromatic nitrogens is 2. The van der Waals surface area contributed by atoms with Crippen LogP contribution in [0.25, 0.3) is 5.69 Å². The molecule has 2 aromatic rings. The molecule has 1 aromatic heterocycles. The van der Waals surface area contributed by atoms with E-state index < -0.39 is 11.7 Å². The fraction of sp³-hybridized carbons (Fsp3) is 0.357. The number of nitrogens with two attached hydrogens (primary N) is 1. The maximum atomic E-state index is 13.1. The predicted octanol–water partition coefficient (Wildman–Crippen LogP) is 3.47. The Balaban J connectivity index is 2.54. The molecule has 0 spiro atoms. The molecule has 0 atom stereocenters. The van der Waals surface area contributed by atoms with Crippen LogP contribution in [0.3, 0.4) is 0 Å². The minimum Gasteiger partial charge on any atom is -0.326 e. The van der Waals surface area contributed by atoms with Crippen molar-refractivity contribution < 1.29 is 13.2 Å². The molecule has 0 radical (unpaired) electrons. The van der Waals surface area contributed by atoms with E-state index in [-0.39, 0.29) is 18.2 Å². The first-order valence-electron chi connectivity index (χ1n) is 6.29. The average molecular weight is 283 g/mol. The molecule has 0 unspecified atom stereocenters. The van der Waals surface area contributed by atoms with Crippen LogP contribution >= 0.6 is 0 Å². The summed E-state index contributed by atoms with van der Waals surface area (Å²) >= 11 is 0. The van der Waals surface area contributed by atoms with Gasteiger partial charge in [0.15, 0.2) is 0 Å². The lowest BCUT2D eigenvalue weighted by Gasteiger charge is -2.14. The van der Waals surface area contributed by atoms with Gasteiger partial charge in [-0.2, -0.15) is 18.3 Å². The van der Waals surface area contributed by atoms with Crippen LogP contribution in [-0.2, 0) is 12.7 Å². The van der Waals surface area contributed by atoms with Gasteiger partial charge < -0.3 is 5.73 Å². The lowest BCUT2D eigenvalue weighted by Crippen LogP contribution is -2.13. The Hall–Kier alpha value is -1.82. The molecular weight excluding hydrogens is 267 g/mol. The van der Waals surface area contributed by atoms with Gasteiger partial charge in [0.2, 0.25) is 0 Å². The van der Waals surface area contributed by atoms with Crippen molar-refractivity contribution in [1.29, 1.82) is 0 Å². The molecule has 2 rings (SSSR count). The van der Waals surface area contributed by atoms with Crippen molar-refractivity contribution in [3.05, 3.63) is 47.3 Å². The minimum absolute atomic E-state index is 0.0154. The van der Waals surface area contributed by atoms with Crippen molar-refractivity contribution in [1.82, 2.24) is 9.78 Å².